The molecule has 1 atom stereocenters. The Balaban J connectivity index is 2.42. The van der Waals surface area contributed by atoms with E-state index in [0.717, 1.165) is 26.5 Å². The largest absolute Gasteiger partial charge is 0.465 e. The van der Waals surface area contributed by atoms with Crippen molar-refractivity contribution in [3.8, 4) is 0 Å². The fourth-order valence-corrected chi connectivity index (χ4v) is 3.87. The molecule has 0 aromatic heterocycles. The van der Waals surface area contributed by atoms with E-state index in [2.05, 4.69) is 49.7 Å². The van der Waals surface area contributed by atoms with Gasteiger partial charge in [-0.2, -0.15) is 0 Å². The molecule has 1 N–H and O–H groups in total. The second kappa shape index (κ2) is 4.72. The Labute approximate surface area is 139 Å². The maximum atomic E-state index is 11.7. The van der Waals surface area contributed by atoms with Crippen molar-refractivity contribution in [2.45, 2.75) is 33.1 Å². The van der Waals surface area contributed by atoms with Gasteiger partial charge in [-0.1, -0.05) is 61.8 Å². The first kappa shape index (κ1) is 15.3. The van der Waals surface area contributed by atoms with E-state index < -0.39 is 6.09 Å². The topological polar surface area (TPSA) is 40.5 Å². The minimum absolute atomic E-state index is 0.0530. The first-order chi connectivity index (χ1) is 10.2. The van der Waals surface area contributed by atoms with Crippen molar-refractivity contribution < 1.29 is 9.90 Å². The molecule has 1 heterocycles. The number of benzene rings is 2. The number of hydrogen-bond acceptors (Lipinski definition) is 1. The summed E-state index contributed by atoms with van der Waals surface area (Å²) >= 11 is 3.61. The SMILES string of the molecule is CC(C)(C)C1(C)CN(C(=O)O)c2ccc3c(Br)cccc3c21. The molecule has 3 nitrogen and oxygen atoms in total. The van der Waals surface area contributed by atoms with Gasteiger partial charge in [-0.25, -0.2) is 4.79 Å². The van der Waals surface area contributed by atoms with Crippen LogP contribution in [0, 0.1) is 5.41 Å². The first-order valence-electron chi connectivity index (χ1n) is 7.39. The second-order valence-electron chi connectivity index (χ2n) is 7.25. The zero-order valence-corrected chi connectivity index (χ0v) is 14.9. The van der Waals surface area contributed by atoms with Crippen molar-refractivity contribution in [2.75, 3.05) is 11.4 Å². The molecule has 2 aromatic rings. The van der Waals surface area contributed by atoms with Crippen LogP contribution in [0.5, 0.6) is 0 Å². The van der Waals surface area contributed by atoms with E-state index >= 15 is 0 Å². The number of amides is 1. The van der Waals surface area contributed by atoms with E-state index in [1.807, 2.05) is 24.3 Å². The van der Waals surface area contributed by atoms with Crippen molar-refractivity contribution in [2.24, 2.45) is 5.41 Å². The monoisotopic (exact) mass is 361 g/mol. The number of halogens is 1. The Morgan fingerprint density at radius 2 is 1.91 bits per heavy atom. The minimum atomic E-state index is -0.886. The summed E-state index contributed by atoms with van der Waals surface area (Å²) in [6, 6.07) is 10.1. The van der Waals surface area contributed by atoms with Gasteiger partial charge in [-0.05, 0) is 33.9 Å². The number of carboxylic acid groups (broad SMARTS) is 1. The summed E-state index contributed by atoms with van der Waals surface area (Å²) in [6.45, 7) is 9.21. The van der Waals surface area contributed by atoms with Crippen molar-refractivity contribution in [3.63, 3.8) is 0 Å². The highest BCUT2D eigenvalue weighted by atomic mass is 79.9. The van der Waals surface area contributed by atoms with Crippen LogP contribution < -0.4 is 4.90 Å². The maximum absolute atomic E-state index is 11.7. The molecular weight excluding hydrogens is 342 g/mol. The van der Waals surface area contributed by atoms with E-state index in [4.69, 9.17) is 0 Å². The fraction of sp³-hybridized carbons (Fsp3) is 0.389. The highest BCUT2D eigenvalue weighted by Crippen LogP contribution is 2.53. The van der Waals surface area contributed by atoms with E-state index in [1.165, 1.54) is 4.90 Å². The smallest absolute Gasteiger partial charge is 0.411 e. The quantitative estimate of drug-likeness (QED) is 0.681. The van der Waals surface area contributed by atoms with Crippen LogP contribution in [-0.4, -0.2) is 17.7 Å². The van der Waals surface area contributed by atoms with Gasteiger partial charge >= 0.3 is 6.09 Å². The van der Waals surface area contributed by atoms with Gasteiger partial charge in [0.2, 0.25) is 0 Å². The summed E-state index contributed by atoms with van der Waals surface area (Å²) in [6.07, 6.45) is -0.886. The lowest BCUT2D eigenvalue weighted by Crippen LogP contribution is -2.43. The Morgan fingerprint density at radius 1 is 1.23 bits per heavy atom. The van der Waals surface area contributed by atoms with Crippen LogP contribution in [0.2, 0.25) is 0 Å². The zero-order valence-electron chi connectivity index (χ0n) is 13.3. The van der Waals surface area contributed by atoms with Gasteiger partial charge in [0.25, 0.3) is 0 Å². The number of fused-ring (bicyclic) bond motifs is 3. The first-order valence-corrected chi connectivity index (χ1v) is 8.18. The van der Waals surface area contributed by atoms with Crippen molar-refractivity contribution in [1.29, 1.82) is 0 Å². The molecule has 116 valence electrons. The Kier molecular flexibility index (Phi) is 3.29. The predicted octanol–water partition coefficient (Wildman–Crippen LogP) is 5.40. The molecule has 1 aliphatic heterocycles. The predicted molar refractivity (Wildman–Crippen MR) is 93.8 cm³/mol. The third kappa shape index (κ3) is 1.97. The standard InChI is InChI=1S/C18H20BrNO2/c1-17(2,3)18(4)10-20(16(21)22)14-9-8-11-12(15(14)18)6-5-7-13(11)19/h5-9H,10H2,1-4H3,(H,21,22). The van der Waals surface area contributed by atoms with Crippen molar-refractivity contribution in [1.82, 2.24) is 0 Å². The molecule has 3 rings (SSSR count). The van der Waals surface area contributed by atoms with Crippen molar-refractivity contribution in [3.05, 3.63) is 40.4 Å². The zero-order chi connectivity index (χ0) is 16.3. The van der Waals surface area contributed by atoms with Crippen LogP contribution in [0.4, 0.5) is 10.5 Å². The molecule has 1 amide bonds. The van der Waals surface area contributed by atoms with Crippen LogP contribution in [0.3, 0.4) is 0 Å². The van der Waals surface area contributed by atoms with Crippen LogP contribution >= 0.6 is 15.9 Å². The summed E-state index contributed by atoms with van der Waals surface area (Å²) in [7, 11) is 0. The number of hydrogen-bond donors (Lipinski definition) is 1. The molecule has 1 unspecified atom stereocenters. The van der Waals surface area contributed by atoms with Crippen LogP contribution in [0.25, 0.3) is 10.8 Å². The lowest BCUT2D eigenvalue weighted by molar-refractivity contribution is 0.191. The van der Waals surface area contributed by atoms with Crippen LogP contribution in [0.1, 0.15) is 33.3 Å². The summed E-state index contributed by atoms with van der Waals surface area (Å²) in [4.78, 5) is 13.2. The normalized spacial score (nSPS) is 21.2. The molecule has 0 aliphatic carbocycles. The van der Waals surface area contributed by atoms with Gasteiger partial charge in [0, 0.05) is 16.4 Å². The van der Waals surface area contributed by atoms with Gasteiger partial charge in [0.05, 0.1) is 5.69 Å². The highest BCUT2D eigenvalue weighted by Gasteiger charge is 2.49. The summed E-state index contributed by atoms with van der Waals surface area (Å²) in [5.41, 5.74) is 1.67. The lowest BCUT2D eigenvalue weighted by Gasteiger charge is -2.39. The fourth-order valence-electron chi connectivity index (χ4n) is 3.38. The van der Waals surface area contributed by atoms with Gasteiger partial charge in [-0.3, -0.25) is 4.90 Å². The van der Waals surface area contributed by atoms with E-state index in [-0.39, 0.29) is 10.8 Å². The van der Waals surface area contributed by atoms with E-state index in [1.54, 1.807) is 0 Å². The molecule has 22 heavy (non-hydrogen) atoms. The molecule has 0 radical (unpaired) electrons. The van der Waals surface area contributed by atoms with Crippen LogP contribution in [0.15, 0.2) is 34.8 Å². The maximum Gasteiger partial charge on any atom is 0.411 e. The number of carbonyl (C=O) groups is 1. The molecule has 0 saturated carbocycles. The molecule has 2 aromatic carbocycles. The van der Waals surface area contributed by atoms with E-state index in [9.17, 15) is 9.90 Å². The second-order valence-corrected chi connectivity index (χ2v) is 8.10. The van der Waals surface area contributed by atoms with Crippen LogP contribution in [-0.2, 0) is 5.41 Å². The molecule has 0 fully saturated rings. The molecule has 0 saturated heterocycles. The van der Waals surface area contributed by atoms with E-state index in [0.29, 0.717) is 6.54 Å². The van der Waals surface area contributed by atoms with Gasteiger partial charge in [0.15, 0.2) is 0 Å². The Bertz CT molecular complexity index is 778. The number of rotatable bonds is 0. The molecule has 0 spiro atoms. The van der Waals surface area contributed by atoms with Gasteiger partial charge in [0.1, 0.15) is 0 Å². The Hall–Kier alpha value is -1.55. The third-order valence-electron chi connectivity index (χ3n) is 5.19. The minimum Gasteiger partial charge on any atom is -0.465 e. The molecule has 0 bridgehead atoms. The van der Waals surface area contributed by atoms with Crippen molar-refractivity contribution >= 4 is 38.5 Å². The summed E-state index contributed by atoms with van der Waals surface area (Å²) in [5.74, 6) is 0. The molecule has 4 heteroatoms. The summed E-state index contributed by atoms with van der Waals surface area (Å²) < 4.78 is 1.04. The Morgan fingerprint density at radius 3 is 2.50 bits per heavy atom. The highest BCUT2D eigenvalue weighted by molar-refractivity contribution is 9.10. The van der Waals surface area contributed by atoms with Gasteiger partial charge < -0.3 is 5.11 Å². The average molecular weight is 362 g/mol. The number of nitrogens with zero attached hydrogens (tertiary/aromatic N) is 1. The molecular formula is C18H20BrNO2. The average Bonchev–Trinajstić information content (AvgIpc) is 2.74. The number of anilines is 1. The lowest BCUT2D eigenvalue weighted by atomic mass is 9.64. The van der Waals surface area contributed by atoms with Gasteiger partial charge in [-0.15, -0.1) is 0 Å². The summed E-state index contributed by atoms with van der Waals surface area (Å²) in [5, 5.41) is 11.9. The molecule has 1 aliphatic rings. The third-order valence-corrected chi connectivity index (χ3v) is 5.88.